The SMILES string of the molecule is C[C@@H]1CC(=O)Nc2cccc(-c3cccc(-c4nn[nH]n4)c3)c2N1. The van der Waals surface area contributed by atoms with Gasteiger partial charge in [-0.1, -0.05) is 30.3 Å². The number of H-pyrrole nitrogens is 1. The number of carbonyl (C=O) groups excluding carboxylic acids is 1. The van der Waals surface area contributed by atoms with Gasteiger partial charge in [0.1, 0.15) is 0 Å². The molecular weight excluding hydrogens is 304 g/mol. The lowest BCUT2D eigenvalue weighted by Gasteiger charge is -2.17. The van der Waals surface area contributed by atoms with Gasteiger partial charge in [-0.3, -0.25) is 4.79 Å². The van der Waals surface area contributed by atoms with E-state index in [4.69, 9.17) is 0 Å². The fourth-order valence-electron chi connectivity index (χ4n) is 2.94. The second-order valence-electron chi connectivity index (χ2n) is 5.84. The van der Waals surface area contributed by atoms with Crippen LogP contribution in [-0.2, 0) is 4.79 Å². The van der Waals surface area contributed by atoms with Crippen LogP contribution < -0.4 is 10.6 Å². The fraction of sp³-hybridized carbons (Fsp3) is 0.176. The van der Waals surface area contributed by atoms with E-state index in [9.17, 15) is 4.79 Å². The zero-order chi connectivity index (χ0) is 16.5. The van der Waals surface area contributed by atoms with E-state index in [-0.39, 0.29) is 11.9 Å². The van der Waals surface area contributed by atoms with Gasteiger partial charge in [-0.15, -0.1) is 10.2 Å². The number of rotatable bonds is 2. The fourth-order valence-corrected chi connectivity index (χ4v) is 2.94. The molecule has 0 bridgehead atoms. The van der Waals surface area contributed by atoms with E-state index in [0.29, 0.717) is 12.2 Å². The Labute approximate surface area is 138 Å². The lowest BCUT2D eigenvalue weighted by atomic mass is 10.00. The number of carbonyl (C=O) groups is 1. The molecule has 0 unspecified atom stereocenters. The van der Waals surface area contributed by atoms with Crippen molar-refractivity contribution < 1.29 is 4.79 Å². The number of anilines is 2. The van der Waals surface area contributed by atoms with Crippen LogP contribution in [0.25, 0.3) is 22.5 Å². The van der Waals surface area contributed by atoms with E-state index >= 15 is 0 Å². The Kier molecular flexibility index (Phi) is 3.45. The Morgan fingerprint density at radius 1 is 1.12 bits per heavy atom. The second kappa shape index (κ2) is 5.77. The van der Waals surface area contributed by atoms with Crippen molar-refractivity contribution in [2.45, 2.75) is 19.4 Å². The summed E-state index contributed by atoms with van der Waals surface area (Å²) in [4.78, 5) is 11.9. The first-order valence-corrected chi connectivity index (χ1v) is 7.74. The van der Waals surface area contributed by atoms with Gasteiger partial charge < -0.3 is 10.6 Å². The van der Waals surface area contributed by atoms with Gasteiger partial charge in [0.05, 0.1) is 11.4 Å². The number of nitrogens with zero attached hydrogens (tertiary/aromatic N) is 3. The van der Waals surface area contributed by atoms with Crippen LogP contribution in [0.15, 0.2) is 42.5 Å². The second-order valence-corrected chi connectivity index (χ2v) is 5.84. The minimum absolute atomic E-state index is 0.0199. The van der Waals surface area contributed by atoms with Gasteiger partial charge in [-0.2, -0.15) is 5.21 Å². The highest BCUT2D eigenvalue weighted by Gasteiger charge is 2.20. The summed E-state index contributed by atoms with van der Waals surface area (Å²) < 4.78 is 0. The lowest BCUT2D eigenvalue weighted by Crippen LogP contribution is -2.19. The summed E-state index contributed by atoms with van der Waals surface area (Å²) >= 11 is 0. The van der Waals surface area contributed by atoms with Crippen LogP contribution in [-0.4, -0.2) is 32.6 Å². The van der Waals surface area contributed by atoms with Crippen molar-refractivity contribution in [3.8, 4) is 22.5 Å². The summed E-state index contributed by atoms with van der Waals surface area (Å²) in [6.07, 6.45) is 0.441. The first kappa shape index (κ1) is 14.4. The molecule has 120 valence electrons. The van der Waals surface area contributed by atoms with Gasteiger partial charge in [-0.05, 0) is 29.8 Å². The van der Waals surface area contributed by atoms with Gasteiger partial charge >= 0.3 is 0 Å². The van der Waals surface area contributed by atoms with Crippen LogP contribution >= 0.6 is 0 Å². The number of hydrogen-bond acceptors (Lipinski definition) is 5. The first-order chi connectivity index (χ1) is 11.7. The molecule has 0 fully saturated rings. The van der Waals surface area contributed by atoms with Gasteiger partial charge in [-0.25, -0.2) is 0 Å². The van der Waals surface area contributed by atoms with Crippen LogP contribution in [0.5, 0.6) is 0 Å². The summed E-state index contributed by atoms with van der Waals surface area (Å²) in [5.74, 6) is 0.569. The van der Waals surface area contributed by atoms with Crippen molar-refractivity contribution >= 4 is 17.3 Å². The third-order valence-electron chi connectivity index (χ3n) is 4.00. The van der Waals surface area contributed by atoms with Crippen molar-refractivity contribution in [3.05, 3.63) is 42.5 Å². The Balaban J connectivity index is 1.82. The van der Waals surface area contributed by atoms with Gasteiger partial charge in [0, 0.05) is 23.6 Å². The molecule has 1 aromatic heterocycles. The third kappa shape index (κ3) is 2.60. The number of fused-ring (bicyclic) bond motifs is 1. The van der Waals surface area contributed by atoms with E-state index in [2.05, 4.69) is 31.3 Å². The summed E-state index contributed by atoms with van der Waals surface area (Å²) in [7, 11) is 0. The van der Waals surface area contributed by atoms with Crippen LogP contribution in [0.3, 0.4) is 0 Å². The molecule has 0 aliphatic carbocycles. The molecule has 1 atom stereocenters. The highest BCUT2D eigenvalue weighted by Crippen LogP contribution is 2.37. The topological polar surface area (TPSA) is 95.6 Å². The molecular formula is C17H16N6O. The van der Waals surface area contributed by atoms with Crippen LogP contribution in [0.2, 0.25) is 0 Å². The average Bonchev–Trinajstić information content (AvgIpc) is 3.06. The minimum atomic E-state index is 0.0199. The van der Waals surface area contributed by atoms with E-state index in [1.807, 2.05) is 49.4 Å². The zero-order valence-corrected chi connectivity index (χ0v) is 13.1. The monoisotopic (exact) mass is 320 g/mol. The Morgan fingerprint density at radius 3 is 2.79 bits per heavy atom. The molecule has 2 heterocycles. The smallest absolute Gasteiger partial charge is 0.226 e. The van der Waals surface area contributed by atoms with Gasteiger partial charge in [0.15, 0.2) is 0 Å². The molecule has 2 aromatic carbocycles. The lowest BCUT2D eigenvalue weighted by molar-refractivity contribution is -0.116. The molecule has 3 N–H and O–H groups in total. The molecule has 0 spiro atoms. The highest BCUT2D eigenvalue weighted by molar-refractivity contribution is 6.00. The molecule has 0 saturated carbocycles. The molecule has 4 rings (SSSR count). The van der Waals surface area contributed by atoms with Gasteiger partial charge in [0.25, 0.3) is 0 Å². The van der Waals surface area contributed by atoms with Crippen molar-refractivity contribution in [1.29, 1.82) is 0 Å². The summed E-state index contributed by atoms with van der Waals surface area (Å²) in [5.41, 5.74) is 4.65. The van der Waals surface area contributed by atoms with Crippen molar-refractivity contribution in [1.82, 2.24) is 20.6 Å². The molecule has 0 saturated heterocycles. The van der Waals surface area contributed by atoms with Crippen LogP contribution in [0.1, 0.15) is 13.3 Å². The Hall–Kier alpha value is -3.22. The maximum absolute atomic E-state index is 11.9. The number of nitrogens with one attached hydrogen (secondary N) is 3. The Morgan fingerprint density at radius 2 is 1.96 bits per heavy atom. The molecule has 7 nitrogen and oxygen atoms in total. The first-order valence-electron chi connectivity index (χ1n) is 7.74. The number of amides is 1. The summed E-state index contributed by atoms with van der Waals surface area (Å²) in [6.45, 7) is 2.00. The molecule has 0 radical (unpaired) electrons. The van der Waals surface area contributed by atoms with Crippen molar-refractivity contribution in [2.24, 2.45) is 0 Å². The molecule has 3 aromatic rings. The maximum Gasteiger partial charge on any atom is 0.226 e. The number of aromatic nitrogens is 4. The number of tetrazole rings is 1. The molecule has 24 heavy (non-hydrogen) atoms. The number of aromatic amines is 1. The maximum atomic E-state index is 11.9. The van der Waals surface area contributed by atoms with E-state index < -0.39 is 0 Å². The van der Waals surface area contributed by atoms with Crippen LogP contribution in [0, 0.1) is 0 Å². The standard InChI is InChI=1S/C17H16N6O/c1-10-8-15(24)19-14-7-3-6-13(16(14)18-10)11-4-2-5-12(9-11)17-20-22-23-21-17/h2-7,9-10,18H,8H2,1H3,(H,19,24)(H,20,21,22,23)/t10-/m1/s1. The van der Waals surface area contributed by atoms with E-state index in [1.165, 1.54) is 0 Å². The predicted molar refractivity (Wildman–Crippen MR) is 91.4 cm³/mol. The van der Waals surface area contributed by atoms with Crippen molar-refractivity contribution in [3.63, 3.8) is 0 Å². The van der Waals surface area contributed by atoms with E-state index in [0.717, 1.165) is 28.1 Å². The minimum Gasteiger partial charge on any atom is -0.380 e. The van der Waals surface area contributed by atoms with Gasteiger partial charge in [0.2, 0.25) is 11.7 Å². The average molecular weight is 320 g/mol. The number of benzene rings is 2. The molecule has 1 amide bonds. The molecule has 1 aliphatic heterocycles. The largest absolute Gasteiger partial charge is 0.380 e. The molecule has 7 heteroatoms. The summed E-state index contributed by atoms with van der Waals surface area (Å²) in [6, 6.07) is 13.9. The quantitative estimate of drug-likeness (QED) is 0.674. The highest BCUT2D eigenvalue weighted by atomic mass is 16.1. The number of para-hydroxylation sites is 1. The van der Waals surface area contributed by atoms with Crippen molar-refractivity contribution in [2.75, 3.05) is 10.6 Å². The predicted octanol–water partition coefficient (Wildman–Crippen LogP) is 2.68. The Bertz CT molecular complexity index is 890. The number of hydrogen-bond donors (Lipinski definition) is 3. The zero-order valence-electron chi connectivity index (χ0n) is 13.1. The summed E-state index contributed by atoms with van der Waals surface area (Å²) in [5, 5.41) is 20.5. The van der Waals surface area contributed by atoms with E-state index in [1.54, 1.807) is 0 Å². The third-order valence-corrected chi connectivity index (χ3v) is 4.00. The molecule has 1 aliphatic rings. The normalized spacial score (nSPS) is 16.7. The van der Waals surface area contributed by atoms with Crippen LogP contribution in [0.4, 0.5) is 11.4 Å².